The Balaban J connectivity index is 2.22. The van der Waals surface area contributed by atoms with Gasteiger partial charge in [0, 0.05) is 32.7 Å². The molecular formula is C13H16Cl2N2O2S. The molecule has 1 aromatic carbocycles. The molecule has 1 aliphatic heterocycles. The number of rotatable bonds is 4. The Morgan fingerprint density at radius 2 is 1.70 bits per heavy atom. The van der Waals surface area contributed by atoms with E-state index in [1.807, 2.05) is 6.08 Å². The fourth-order valence-corrected chi connectivity index (χ4v) is 4.71. The first-order valence-corrected chi connectivity index (χ1v) is 8.44. The molecule has 1 saturated heterocycles. The van der Waals surface area contributed by atoms with Gasteiger partial charge in [0.05, 0.1) is 10.0 Å². The molecule has 4 nitrogen and oxygen atoms in total. The molecule has 1 fully saturated rings. The lowest BCUT2D eigenvalue weighted by Gasteiger charge is -2.33. The van der Waals surface area contributed by atoms with Crippen molar-refractivity contribution in [3.8, 4) is 0 Å². The highest BCUT2D eigenvalue weighted by molar-refractivity contribution is 7.89. The third-order valence-electron chi connectivity index (χ3n) is 3.24. The molecule has 20 heavy (non-hydrogen) atoms. The molecular weight excluding hydrogens is 319 g/mol. The van der Waals surface area contributed by atoms with Crippen LogP contribution in [0.5, 0.6) is 0 Å². The smallest absolute Gasteiger partial charge is 0.246 e. The largest absolute Gasteiger partial charge is 0.297 e. The van der Waals surface area contributed by atoms with Crippen LogP contribution in [0.15, 0.2) is 35.7 Å². The molecule has 0 spiro atoms. The molecule has 110 valence electrons. The van der Waals surface area contributed by atoms with E-state index in [2.05, 4.69) is 11.5 Å². The van der Waals surface area contributed by atoms with Crippen molar-refractivity contribution in [2.45, 2.75) is 4.90 Å². The second-order valence-electron chi connectivity index (χ2n) is 4.54. The summed E-state index contributed by atoms with van der Waals surface area (Å²) in [6, 6.07) is 4.70. The first-order valence-electron chi connectivity index (χ1n) is 6.24. The van der Waals surface area contributed by atoms with Crippen molar-refractivity contribution in [2.24, 2.45) is 0 Å². The maximum atomic E-state index is 12.6. The lowest BCUT2D eigenvalue weighted by molar-refractivity contribution is 0.204. The van der Waals surface area contributed by atoms with Gasteiger partial charge in [-0.25, -0.2) is 8.42 Å². The van der Waals surface area contributed by atoms with E-state index < -0.39 is 10.0 Å². The Kier molecular flexibility index (Phi) is 5.09. The van der Waals surface area contributed by atoms with Crippen molar-refractivity contribution in [2.75, 3.05) is 32.7 Å². The quantitative estimate of drug-likeness (QED) is 0.794. The SMILES string of the molecule is C=CCN1CCN(S(=O)(=O)c2c(Cl)cccc2Cl)CC1. The molecule has 0 saturated carbocycles. The van der Waals surface area contributed by atoms with Gasteiger partial charge in [0.25, 0.3) is 0 Å². The third kappa shape index (κ3) is 3.18. The van der Waals surface area contributed by atoms with Gasteiger partial charge in [-0.3, -0.25) is 4.90 Å². The monoisotopic (exact) mass is 334 g/mol. The van der Waals surface area contributed by atoms with E-state index in [0.717, 1.165) is 6.54 Å². The minimum atomic E-state index is -3.64. The Hall–Kier alpha value is -0.590. The van der Waals surface area contributed by atoms with Crippen LogP contribution in [0.2, 0.25) is 10.0 Å². The lowest BCUT2D eigenvalue weighted by Crippen LogP contribution is -2.48. The summed E-state index contributed by atoms with van der Waals surface area (Å²) < 4.78 is 26.7. The first kappa shape index (κ1) is 15.8. The van der Waals surface area contributed by atoms with Gasteiger partial charge in [-0.1, -0.05) is 35.3 Å². The maximum Gasteiger partial charge on any atom is 0.246 e. The van der Waals surface area contributed by atoms with Gasteiger partial charge in [-0.15, -0.1) is 6.58 Å². The zero-order valence-electron chi connectivity index (χ0n) is 10.9. The molecule has 1 aromatic rings. The van der Waals surface area contributed by atoms with E-state index in [9.17, 15) is 8.42 Å². The van der Waals surface area contributed by atoms with Crippen LogP contribution in [0, 0.1) is 0 Å². The number of piperazine rings is 1. The Morgan fingerprint density at radius 3 is 2.20 bits per heavy atom. The highest BCUT2D eigenvalue weighted by Gasteiger charge is 2.31. The van der Waals surface area contributed by atoms with E-state index in [1.165, 1.54) is 16.4 Å². The second-order valence-corrected chi connectivity index (χ2v) is 7.23. The van der Waals surface area contributed by atoms with Crippen LogP contribution < -0.4 is 0 Å². The zero-order chi connectivity index (χ0) is 14.8. The molecule has 0 unspecified atom stereocenters. The van der Waals surface area contributed by atoms with Crippen LogP contribution in [0.4, 0.5) is 0 Å². The minimum absolute atomic E-state index is 0.000467. The Labute approximate surface area is 129 Å². The summed E-state index contributed by atoms with van der Waals surface area (Å²) in [5.41, 5.74) is 0. The van der Waals surface area contributed by atoms with E-state index in [4.69, 9.17) is 23.2 Å². The van der Waals surface area contributed by atoms with Gasteiger partial charge in [0.2, 0.25) is 10.0 Å². The highest BCUT2D eigenvalue weighted by atomic mass is 35.5. The summed E-state index contributed by atoms with van der Waals surface area (Å²) in [5, 5.41) is 0.317. The van der Waals surface area contributed by atoms with Gasteiger partial charge in [-0.05, 0) is 12.1 Å². The third-order valence-corrected chi connectivity index (χ3v) is 6.09. The summed E-state index contributed by atoms with van der Waals surface area (Å²) in [6.07, 6.45) is 1.81. The molecule has 7 heteroatoms. The molecule has 0 aromatic heterocycles. The summed E-state index contributed by atoms with van der Waals surface area (Å²) in [7, 11) is -3.64. The van der Waals surface area contributed by atoms with Crippen molar-refractivity contribution >= 4 is 33.2 Å². The molecule has 0 N–H and O–H groups in total. The number of halogens is 2. The second kappa shape index (κ2) is 6.45. The summed E-state index contributed by atoms with van der Waals surface area (Å²) in [4.78, 5) is 2.15. The summed E-state index contributed by atoms with van der Waals surface area (Å²) in [5.74, 6) is 0. The lowest BCUT2D eigenvalue weighted by atomic mass is 10.3. The van der Waals surface area contributed by atoms with Gasteiger partial charge < -0.3 is 0 Å². The van der Waals surface area contributed by atoms with Crippen molar-refractivity contribution in [3.63, 3.8) is 0 Å². The van der Waals surface area contributed by atoms with Crippen LogP contribution in [-0.2, 0) is 10.0 Å². The van der Waals surface area contributed by atoms with E-state index in [1.54, 1.807) is 6.07 Å². The van der Waals surface area contributed by atoms with E-state index in [-0.39, 0.29) is 14.9 Å². The molecule has 1 heterocycles. The summed E-state index contributed by atoms with van der Waals surface area (Å²) in [6.45, 7) is 6.65. The average Bonchev–Trinajstić information content (AvgIpc) is 2.39. The maximum absolute atomic E-state index is 12.6. The molecule has 0 bridgehead atoms. The summed E-state index contributed by atoms with van der Waals surface area (Å²) >= 11 is 12.0. The predicted octanol–water partition coefficient (Wildman–Crippen LogP) is 2.49. The van der Waals surface area contributed by atoms with E-state index >= 15 is 0 Å². The minimum Gasteiger partial charge on any atom is -0.297 e. The molecule has 0 amide bonds. The fraction of sp³-hybridized carbons (Fsp3) is 0.385. The molecule has 0 radical (unpaired) electrons. The number of sulfonamides is 1. The van der Waals surface area contributed by atoms with E-state index in [0.29, 0.717) is 26.2 Å². The van der Waals surface area contributed by atoms with Crippen molar-refractivity contribution < 1.29 is 8.42 Å². The average molecular weight is 335 g/mol. The number of nitrogens with zero attached hydrogens (tertiary/aromatic N) is 2. The van der Waals surface area contributed by atoms with Crippen LogP contribution >= 0.6 is 23.2 Å². The molecule has 0 atom stereocenters. The Morgan fingerprint density at radius 1 is 1.15 bits per heavy atom. The van der Waals surface area contributed by atoms with Gasteiger partial charge in [0.15, 0.2) is 0 Å². The van der Waals surface area contributed by atoms with Crippen LogP contribution in [-0.4, -0.2) is 50.3 Å². The normalized spacial score (nSPS) is 18.1. The Bertz CT molecular complexity index is 576. The number of hydrogen-bond acceptors (Lipinski definition) is 3. The number of hydrogen-bond donors (Lipinski definition) is 0. The van der Waals surface area contributed by atoms with Crippen molar-refractivity contribution in [1.82, 2.24) is 9.21 Å². The topological polar surface area (TPSA) is 40.6 Å². The van der Waals surface area contributed by atoms with Crippen LogP contribution in [0.1, 0.15) is 0 Å². The standard InChI is InChI=1S/C13H16Cl2N2O2S/c1-2-6-16-7-9-17(10-8-16)20(18,19)13-11(14)4-3-5-12(13)15/h2-5H,1,6-10H2. The fourth-order valence-electron chi connectivity index (χ4n) is 2.19. The predicted molar refractivity (Wildman–Crippen MR) is 81.9 cm³/mol. The van der Waals surface area contributed by atoms with Crippen molar-refractivity contribution in [1.29, 1.82) is 0 Å². The molecule has 1 aliphatic rings. The number of benzene rings is 1. The first-order chi connectivity index (χ1) is 9.46. The van der Waals surface area contributed by atoms with Crippen LogP contribution in [0.3, 0.4) is 0 Å². The van der Waals surface area contributed by atoms with Gasteiger partial charge in [-0.2, -0.15) is 4.31 Å². The van der Waals surface area contributed by atoms with Crippen molar-refractivity contribution in [3.05, 3.63) is 40.9 Å². The highest BCUT2D eigenvalue weighted by Crippen LogP contribution is 2.31. The zero-order valence-corrected chi connectivity index (χ0v) is 13.3. The molecule has 2 rings (SSSR count). The van der Waals surface area contributed by atoms with Gasteiger partial charge >= 0.3 is 0 Å². The van der Waals surface area contributed by atoms with Gasteiger partial charge in [0.1, 0.15) is 4.90 Å². The van der Waals surface area contributed by atoms with Crippen LogP contribution in [0.25, 0.3) is 0 Å². The molecule has 0 aliphatic carbocycles.